The summed E-state index contributed by atoms with van der Waals surface area (Å²) in [5.74, 6) is 0.452. The second kappa shape index (κ2) is 6.29. The Morgan fingerprint density at radius 2 is 2.08 bits per heavy atom. The van der Waals surface area contributed by atoms with Gasteiger partial charge in [0.15, 0.2) is 0 Å². The van der Waals surface area contributed by atoms with Crippen molar-refractivity contribution in [3.8, 4) is 0 Å². The van der Waals surface area contributed by atoms with Gasteiger partial charge >= 0.3 is 0 Å². The monoisotopic (exact) mass is 220 g/mol. The van der Waals surface area contributed by atoms with Crippen molar-refractivity contribution in [2.45, 2.75) is 25.6 Å². The molecule has 1 aromatic rings. The molecule has 0 unspecified atom stereocenters. The van der Waals surface area contributed by atoms with Crippen LogP contribution in [0.5, 0.6) is 0 Å². The lowest BCUT2D eigenvalue weighted by Crippen LogP contribution is -1.98. The van der Waals surface area contributed by atoms with E-state index in [1.54, 1.807) is 11.3 Å². The molecule has 0 saturated heterocycles. The van der Waals surface area contributed by atoms with Crippen LogP contribution in [0.25, 0.3) is 0 Å². The molecule has 13 heavy (non-hydrogen) atoms. The molecule has 0 bridgehead atoms. The van der Waals surface area contributed by atoms with E-state index in [9.17, 15) is 0 Å². The normalized spacial score (nSPS) is 10.6. The zero-order valence-corrected chi connectivity index (χ0v) is 9.20. The fourth-order valence-corrected chi connectivity index (χ4v) is 1.74. The van der Waals surface area contributed by atoms with Gasteiger partial charge in [0.25, 0.3) is 0 Å². The first-order valence-corrected chi connectivity index (χ1v) is 5.67. The van der Waals surface area contributed by atoms with Gasteiger partial charge in [-0.25, -0.2) is 0 Å². The van der Waals surface area contributed by atoms with Crippen LogP contribution in [-0.4, -0.2) is 23.4 Å². The summed E-state index contributed by atoms with van der Waals surface area (Å²) >= 11 is 7.16. The van der Waals surface area contributed by atoms with Crippen LogP contribution >= 0.6 is 22.9 Å². The van der Waals surface area contributed by atoms with E-state index < -0.39 is 0 Å². The molecule has 5 heteroatoms. The summed E-state index contributed by atoms with van der Waals surface area (Å²) in [6.07, 6.45) is 1.90. The van der Waals surface area contributed by atoms with Crippen LogP contribution in [0.4, 0.5) is 0 Å². The zero-order chi connectivity index (χ0) is 9.52. The smallest absolute Gasteiger partial charge is 0.132 e. The minimum atomic E-state index is 0.452. The van der Waals surface area contributed by atoms with E-state index >= 15 is 0 Å². The quantitative estimate of drug-likeness (QED) is 0.545. The van der Waals surface area contributed by atoms with Crippen LogP contribution in [0.3, 0.4) is 0 Å². The number of rotatable bonds is 6. The first-order valence-electron chi connectivity index (χ1n) is 4.31. The van der Waals surface area contributed by atoms with Gasteiger partial charge in [-0.1, -0.05) is 6.92 Å². The highest BCUT2D eigenvalue weighted by Crippen LogP contribution is 2.12. The van der Waals surface area contributed by atoms with Crippen molar-refractivity contribution in [2.75, 3.05) is 13.2 Å². The van der Waals surface area contributed by atoms with E-state index in [4.69, 9.17) is 16.3 Å². The van der Waals surface area contributed by atoms with Crippen molar-refractivity contribution in [2.24, 2.45) is 0 Å². The maximum Gasteiger partial charge on any atom is 0.132 e. The highest BCUT2D eigenvalue weighted by atomic mass is 35.5. The van der Waals surface area contributed by atoms with Gasteiger partial charge in [0.1, 0.15) is 10.0 Å². The SMILES string of the molecule is CCCOCCc1nnc(CCl)s1. The van der Waals surface area contributed by atoms with Crippen molar-refractivity contribution in [1.82, 2.24) is 10.2 Å². The Morgan fingerprint density at radius 1 is 1.31 bits per heavy atom. The maximum atomic E-state index is 5.60. The molecule has 0 aliphatic rings. The number of aromatic nitrogens is 2. The zero-order valence-electron chi connectivity index (χ0n) is 7.62. The molecule has 0 spiro atoms. The fourth-order valence-electron chi connectivity index (χ4n) is 0.849. The Labute approximate surface area is 87.1 Å². The molecule has 0 aliphatic carbocycles. The average molecular weight is 221 g/mol. The summed E-state index contributed by atoms with van der Waals surface area (Å²) in [4.78, 5) is 0. The van der Waals surface area contributed by atoms with Gasteiger partial charge in [-0.05, 0) is 6.42 Å². The minimum absolute atomic E-state index is 0.452. The van der Waals surface area contributed by atoms with Gasteiger partial charge in [0, 0.05) is 13.0 Å². The number of hydrogen-bond acceptors (Lipinski definition) is 4. The molecular formula is C8H13ClN2OS. The van der Waals surface area contributed by atoms with Gasteiger partial charge in [0.2, 0.25) is 0 Å². The summed E-state index contributed by atoms with van der Waals surface area (Å²) in [6.45, 7) is 3.64. The summed E-state index contributed by atoms with van der Waals surface area (Å²) in [5, 5.41) is 9.79. The van der Waals surface area contributed by atoms with Gasteiger partial charge in [0.05, 0.1) is 12.5 Å². The van der Waals surface area contributed by atoms with Gasteiger partial charge in [-0.2, -0.15) is 0 Å². The average Bonchev–Trinajstić information content (AvgIpc) is 2.60. The predicted molar refractivity (Wildman–Crippen MR) is 54.3 cm³/mol. The van der Waals surface area contributed by atoms with Gasteiger partial charge in [-0.3, -0.25) is 0 Å². The third-order valence-electron chi connectivity index (χ3n) is 1.43. The lowest BCUT2D eigenvalue weighted by atomic mass is 10.5. The molecule has 74 valence electrons. The number of nitrogens with zero attached hydrogens (tertiary/aromatic N) is 2. The molecule has 1 aromatic heterocycles. The second-order valence-corrected chi connectivity index (χ2v) is 4.00. The van der Waals surface area contributed by atoms with Crippen molar-refractivity contribution in [1.29, 1.82) is 0 Å². The Kier molecular flexibility index (Phi) is 5.27. The Balaban J connectivity index is 2.20. The highest BCUT2D eigenvalue weighted by molar-refractivity contribution is 7.11. The highest BCUT2D eigenvalue weighted by Gasteiger charge is 2.01. The van der Waals surface area contributed by atoms with Crippen molar-refractivity contribution >= 4 is 22.9 Å². The lowest BCUT2D eigenvalue weighted by Gasteiger charge is -1.97. The summed E-state index contributed by atoms with van der Waals surface area (Å²) in [7, 11) is 0. The molecule has 0 atom stereocenters. The van der Waals surface area contributed by atoms with Crippen LogP contribution in [0.2, 0.25) is 0 Å². The van der Waals surface area contributed by atoms with Crippen molar-refractivity contribution in [3.05, 3.63) is 10.0 Å². The molecule has 0 amide bonds. The molecule has 1 rings (SSSR count). The van der Waals surface area contributed by atoms with Gasteiger partial charge in [-0.15, -0.1) is 33.1 Å². The molecule has 0 saturated carbocycles. The second-order valence-electron chi connectivity index (χ2n) is 2.59. The maximum absolute atomic E-state index is 5.60. The molecule has 0 radical (unpaired) electrons. The van der Waals surface area contributed by atoms with Crippen LogP contribution in [-0.2, 0) is 17.0 Å². The van der Waals surface area contributed by atoms with E-state index in [0.717, 1.165) is 36.1 Å². The summed E-state index contributed by atoms with van der Waals surface area (Å²) in [5.41, 5.74) is 0. The van der Waals surface area contributed by atoms with E-state index in [1.165, 1.54) is 0 Å². The predicted octanol–water partition coefficient (Wildman–Crippen LogP) is 2.25. The third-order valence-corrected chi connectivity index (χ3v) is 2.83. The number of hydrogen-bond donors (Lipinski definition) is 0. The van der Waals surface area contributed by atoms with Crippen LogP contribution < -0.4 is 0 Å². The Bertz CT molecular complexity index is 242. The van der Waals surface area contributed by atoms with E-state index in [-0.39, 0.29) is 0 Å². The summed E-state index contributed by atoms with van der Waals surface area (Å²) < 4.78 is 5.34. The molecular weight excluding hydrogens is 208 g/mol. The standard InChI is InChI=1S/C8H13ClN2OS/c1-2-4-12-5-3-7-10-11-8(6-9)13-7/h2-6H2,1H3. The lowest BCUT2D eigenvalue weighted by molar-refractivity contribution is 0.138. The fraction of sp³-hybridized carbons (Fsp3) is 0.750. The van der Waals surface area contributed by atoms with Crippen LogP contribution in [0.15, 0.2) is 0 Å². The third kappa shape index (κ3) is 4.02. The van der Waals surface area contributed by atoms with E-state index in [0.29, 0.717) is 5.88 Å². The number of halogens is 1. The van der Waals surface area contributed by atoms with Crippen molar-refractivity contribution < 1.29 is 4.74 Å². The molecule has 0 aliphatic heterocycles. The van der Waals surface area contributed by atoms with Gasteiger partial charge < -0.3 is 4.74 Å². The molecule has 0 aromatic carbocycles. The molecule has 3 nitrogen and oxygen atoms in total. The molecule has 1 heterocycles. The molecule has 0 N–H and O–H groups in total. The van der Waals surface area contributed by atoms with E-state index in [1.807, 2.05) is 0 Å². The Hall–Kier alpha value is -0.190. The summed E-state index contributed by atoms with van der Waals surface area (Å²) in [6, 6.07) is 0. The Morgan fingerprint density at radius 3 is 2.69 bits per heavy atom. The minimum Gasteiger partial charge on any atom is -0.381 e. The first-order chi connectivity index (χ1) is 6.36. The first kappa shape index (κ1) is 10.9. The van der Waals surface area contributed by atoms with Crippen LogP contribution in [0.1, 0.15) is 23.4 Å². The number of alkyl halides is 1. The van der Waals surface area contributed by atoms with Crippen molar-refractivity contribution in [3.63, 3.8) is 0 Å². The number of ether oxygens (including phenoxy) is 1. The van der Waals surface area contributed by atoms with E-state index in [2.05, 4.69) is 17.1 Å². The molecule has 0 fully saturated rings. The van der Waals surface area contributed by atoms with Crippen LogP contribution in [0, 0.1) is 0 Å². The largest absolute Gasteiger partial charge is 0.381 e. The topological polar surface area (TPSA) is 35.0 Å².